The summed E-state index contributed by atoms with van der Waals surface area (Å²) in [5, 5.41) is 0. The zero-order chi connectivity index (χ0) is 12.1. The van der Waals surface area contributed by atoms with Crippen LogP contribution in [0.25, 0.3) is 0 Å². The Hall–Kier alpha value is -1.20. The number of ether oxygens (including phenoxy) is 2. The lowest BCUT2D eigenvalue weighted by molar-refractivity contribution is 0.0481. The molecule has 0 atom stereocenters. The maximum absolute atomic E-state index is 5.64. The highest BCUT2D eigenvalue weighted by molar-refractivity contribution is 5.12. The molecule has 5 heteroatoms. The van der Waals surface area contributed by atoms with Gasteiger partial charge in [0, 0.05) is 25.5 Å². The third kappa shape index (κ3) is 3.64. The molecule has 5 nitrogen and oxygen atoms in total. The minimum Gasteiger partial charge on any atom is -0.463 e. The van der Waals surface area contributed by atoms with Gasteiger partial charge in [0.1, 0.15) is 0 Å². The van der Waals surface area contributed by atoms with Gasteiger partial charge in [-0.15, -0.1) is 0 Å². The number of aryl methyl sites for hydroxylation is 1. The van der Waals surface area contributed by atoms with E-state index in [9.17, 15) is 0 Å². The standard InChI is InChI=1S/C12H19N3O2/c1-9-6-11(7-13)15-12(14-9)17-8-10-2-4-16-5-3-10/h6,10H,2-5,7-8,13H2,1H3. The topological polar surface area (TPSA) is 70.3 Å². The van der Waals surface area contributed by atoms with Crippen molar-refractivity contribution in [2.45, 2.75) is 26.3 Å². The van der Waals surface area contributed by atoms with Crippen molar-refractivity contribution in [1.82, 2.24) is 9.97 Å². The Morgan fingerprint density at radius 2 is 2.18 bits per heavy atom. The van der Waals surface area contributed by atoms with Crippen molar-refractivity contribution in [1.29, 1.82) is 0 Å². The lowest BCUT2D eigenvalue weighted by atomic mass is 10.0. The van der Waals surface area contributed by atoms with Gasteiger partial charge in [-0.05, 0) is 31.7 Å². The Labute approximate surface area is 101 Å². The van der Waals surface area contributed by atoms with Crippen molar-refractivity contribution in [3.63, 3.8) is 0 Å². The summed E-state index contributed by atoms with van der Waals surface area (Å²) in [5.41, 5.74) is 7.27. The molecule has 17 heavy (non-hydrogen) atoms. The van der Waals surface area contributed by atoms with E-state index in [2.05, 4.69) is 9.97 Å². The Morgan fingerprint density at radius 1 is 1.41 bits per heavy atom. The quantitative estimate of drug-likeness (QED) is 0.847. The lowest BCUT2D eigenvalue weighted by Gasteiger charge is -2.21. The monoisotopic (exact) mass is 237 g/mol. The fourth-order valence-electron chi connectivity index (χ4n) is 1.88. The summed E-state index contributed by atoms with van der Waals surface area (Å²) in [6.07, 6.45) is 2.10. The molecule has 0 spiro atoms. The van der Waals surface area contributed by atoms with Gasteiger partial charge in [-0.25, -0.2) is 4.98 Å². The molecule has 1 aromatic heterocycles. The molecule has 1 fully saturated rings. The normalized spacial score (nSPS) is 17.1. The number of hydrogen-bond donors (Lipinski definition) is 1. The molecule has 2 heterocycles. The smallest absolute Gasteiger partial charge is 0.316 e. The molecule has 0 aliphatic carbocycles. The molecule has 0 bridgehead atoms. The van der Waals surface area contributed by atoms with Crippen LogP contribution in [0.3, 0.4) is 0 Å². The van der Waals surface area contributed by atoms with Crippen LogP contribution in [0, 0.1) is 12.8 Å². The van der Waals surface area contributed by atoms with Crippen LogP contribution in [0.4, 0.5) is 0 Å². The van der Waals surface area contributed by atoms with Crippen molar-refractivity contribution in [3.05, 3.63) is 17.5 Å². The van der Waals surface area contributed by atoms with Gasteiger partial charge in [-0.1, -0.05) is 0 Å². The number of hydrogen-bond acceptors (Lipinski definition) is 5. The Kier molecular flexibility index (Phi) is 4.28. The molecule has 94 valence electrons. The highest BCUT2D eigenvalue weighted by Crippen LogP contribution is 2.16. The molecule has 1 aliphatic heterocycles. The largest absolute Gasteiger partial charge is 0.463 e. The molecule has 1 saturated heterocycles. The van der Waals surface area contributed by atoms with E-state index in [-0.39, 0.29) is 0 Å². The first-order chi connectivity index (χ1) is 8.28. The lowest BCUT2D eigenvalue weighted by Crippen LogP contribution is -2.22. The van der Waals surface area contributed by atoms with Crippen molar-refractivity contribution < 1.29 is 9.47 Å². The van der Waals surface area contributed by atoms with Gasteiger partial charge in [0.05, 0.1) is 12.3 Å². The summed E-state index contributed by atoms with van der Waals surface area (Å²) in [4.78, 5) is 8.49. The molecule has 1 aliphatic rings. The van der Waals surface area contributed by atoms with Crippen molar-refractivity contribution >= 4 is 0 Å². The van der Waals surface area contributed by atoms with Crippen LogP contribution in [0.1, 0.15) is 24.2 Å². The first-order valence-corrected chi connectivity index (χ1v) is 6.03. The summed E-state index contributed by atoms with van der Waals surface area (Å²) >= 11 is 0. The van der Waals surface area contributed by atoms with Crippen molar-refractivity contribution in [2.75, 3.05) is 19.8 Å². The summed E-state index contributed by atoms with van der Waals surface area (Å²) in [6, 6.07) is 2.32. The molecule has 0 aromatic carbocycles. The molecule has 2 rings (SSSR count). The summed E-state index contributed by atoms with van der Waals surface area (Å²) in [5.74, 6) is 0.550. The van der Waals surface area contributed by atoms with Crippen LogP contribution in [0.5, 0.6) is 6.01 Å². The van der Waals surface area contributed by atoms with E-state index in [1.54, 1.807) is 0 Å². The second-order valence-corrected chi connectivity index (χ2v) is 4.35. The van der Waals surface area contributed by atoms with Crippen LogP contribution in [-0.2, 0) is 11.3 Å². The first kappa shape index (κ1) is 12.3. The Bertz CT molecular complexity index is 365. The molecule has 0 unspecified atom stereocenters. The van der Waals surface area contributed by atoms with E-state index in [0.29, 0.717) is 25.1 Å². The average molecular weight is 237 g/mol. The van der Waals surface area contributed by atoms with Gasteiger partial charge in [0.15, 0.2) is 0 Å². The van der Waals surface area contributed by atoms with Gasteiger partial charge in [0.2, 0.25) is 0 Å². The number of aromatic nitrogens is 2. The molecule has 0 radical (unpaired) electrons. The highest BCUT2D eigenvalue weighted by atomic mass is 16.5. The molecule has 0 saturated carbocycles. The van der Waals surface area contributed by atoms with Crippen LogP contribution in [-0.4, -0.2) is 29.8 Å². The second kappa shape index (κ2) is 5.93. The summed E-state index contributed by atoms with van der Waals surface area (Å²) in [7, 11) is 0. The minimum atomic E-state index is 0.414. The van der Waals surface area contributed by atoms with E-state index >= 15 is 0 Å². The van der Waals surface area contributed by atoms with E-state index in [0.717, 1.165) is 37.4 Å². The highest BCUT2D eigenvalue weighted by Gasteiger charge is 2.15. The van der Waals surface area contributed by atoms with Crippen LogP contribution >= 0.6 is 0 Å². The number of nitrogens with zero attached hydrogens (tertiary/aromatic N) is 2. The van der Waals surface area contributed by atoms with Gasteiger partial charge < -0.3 is 15.2 Å². The van der Waals surface area contributed by atoms with Gasteiger partial charge in [-0.2, -0.15) is 4.98 Å². The molecular weight excluding hydrogens is 218 g/mol. The minimum absolute atomic E-state index is 0.414. The second-order valence-electron chi connectivity index (χ2n) is 4.35. The van der Waals surface area contributed by atoms with Crippen LogP contribution in [0.2, 0.25) is 0 Å². The Balaban J connectivity index is 1.91. The third-order valence-electron chi connectivity index (χ3n) is 2.88. The third-order valence-corrected chi connectivity index (χ3v) is 2.88. The van der Waals surface area contributed by atoms with Gasteiger partial charge in [-0.3, -0.25) is 0 Å². The van der Waals surface area contributed by atoms with E-state index < -0.39 is 0 Å². The molecule has 0 amide bonds. The fourth-order valence-corrected chi connectivity index (χ4v) is 1.88. The number of rotatable bonds is 4. The predicted molar refractivity (Wildman–Crippen MR) is 63.7 cm³/mol. The molecular formula is C12H19N3O2. The molecule has 1 aromatic rings. The van der Waals surface area contributed by atoms with Crippen molar-refractivity contribution in [3.8, 4) is 6.01 Å². The average Bonchev–Trinajstić information content (AvgIpc) is 2.37. The maximum Gasteiger partial charge on any atom is 0.316 e. The van der Waals surface area contributed by atoms with E-state index in [1.807, 2.05) is 13.0 Å². The van der Waals surface area contributed by atoms with E-state index in [4.69, 9.17) is 15.2 Å². The molecule has 2 N–H and O–H groups in total. The zero-order valence-corrected chi connectivity index (χ0v) is 10.2. The summed E-state index contributed by atoms with van der Waals surface area (Å²) in [6.45, 7) is 4.66. The zero-order valence-electron chi connectivity index (χ0n) is 10.2. The SMILES string of the molecule is Cc1cc(CN)nc(OCC2CCOCC2)n1. The Morgan fingerprint density at radius 3 is 2.88 bits per heavy atom. The van der Waals surface area contributed by atoms with Crippen LogP contribution < -0.4 is 10.5 Å². The van der Waals surface area contributed by atoms with Gasteiger partial charge >= 0.3 is 6.01 Å². The maximum atomic E-state index is 5.64. The summed E-state index contributed by atoms with van der Waals surface area (Å²) < 4.78 is 10.9. The van der Waals surface area contributed by atoms with Crippen molar-refractivity contribution in [2.24, 2.45) is 11.7 Å². The predicted octanol–water partition coefficient (Wildman–Crippen LogP) is 1.05. The van der Waals surface area contributed by atoms with Crippen LogP contribution in [0.15, 0.2) is 6.07 Å². The van der Waals surface area contributed by atoms with Gasteiger partial charge in [0.25, 0.3) is 0 Å². The number of nitrogens with two attached hydrogens (primary N) is 1. The fraction of sp³-hybridized carbons (Fsp3) is 0.667. The first-order valence-electron chi connectivity index (χ1n) is 6.03. The van der Waals surface area contributed by atoms with E-state index in [1.165, 1.54) is 0 Å².